The molecule has 0 aromatic heterocycles. The molecule has 0 unspecified atom stereocenters. The summed E-state index contributed by atoms with van der Waals surface area (Å²) in [6.45, 7) is 4.57. The zero-order chi connectivity index (χ0) is 17.7. The summed E-state index contributed by atoms with van der Waals surface area (Å²) in [6, 6.07) is 4.29. The zero-order valence-corrected chi connectivity index (χ0v) is 14.8. The summed E-state index contributed by atoms with van der Waals surface area (Å²) in [5.41, 5.74) is 0.834. The minimum absolute atomic E-state index is 0.0418. The van der Waals surface area contributed by atoms with E-state index >= 15 is 0 Å². The van der Waals surface area contributed by atoms with E-state index in [2.05, 4.69) is 15.4 Å². The number of benzene rings is 1. The van der Waals surface area contributed by atoms with Crippen molar-refractivity contribution < 1.29 is 22.7 Å². The molecule has 2 rings (SSSR count). The Bertz CT molecular complexity index is 692. The highest BCUT2D eigenvalue weighted by molar-refractivity contribution is 7.92. The SMILES string of the molecule is CCS(=O)(=O)Nc1ccc(NC(=O)[C@H]2NCCO[C@@H]2C)cc1OC. The van der Waals surface area contributed by atoms with Crippen LogP contribution < -0.4 is 20.1 Å². The molecule has 1 amide bonds. The number of carbonyl (C=O) groups is 1. The highest BCUT2D eigenvalue weighted by atomic mass is 32.2. The van der Waals surface area contributed by atoms with Crippen LogP contribution in [0.4, 0.5) is 11.4 Å². The van der Waals surface area contributed by atoms with E-state index in [0.717, 1.165) is 0 Å². The summed E-state index contributed by atoms with van der Waals surface area (Å²) in [6.07, 6.45) is -0.226. The fourth-order valence-corrected chi connectivity index (χ4v) is 2.99. The fourth-order valence-electron chi connectivity index (χ4n) is 2.34. The molecule has 0 aliphatic carbocycles. The van der Waals surface area contributed by atoms with E-state index in [1.165, 1.54) is 7.11 Å². The van der Waals surface area contributed by atoms with Crippen LogP contribution in [0.25, 0.3) is 0 Å². The average molecular weight is 357 g/mol. The number of anilines is 2. The Balaban J connectivity index is 2.13. The van der Waals surface area contributed by atoms with Crippen LogP contribution in [0.1, 0.15) is 13.8 Å². The van der Waals surface area contributed by atoms with Gasteiger partial charge in [-0.1, -0.05) is 0 Å². The molecule has 134 valence electrons. The standard InChI is InChI=1S/C15H23N3O5S/c1-4-24(20,21)18-12-6-5-11(9-13(12)22-3)17-15(19)14-10(2)23-8-7-16-14/h5-6,9-10,14,16,18H,4,7-8H2,1-3H3,(H,17,19)/t10-,14+/m1/s1. The van der Waals surface area contributed by atoms with Crippen molar-refractivity contribution in [2.45, 2.75) is 26.0 Å². The fraction of sp³-hybridized carbons (Fsp3) is 0.533. The second-order valence-electron chi connectivity index (χ2n) is 5.42. The van der Waals surface area contributed by atoms with E-state index in [1.807, 2.05) is 6.92 Å². The van der Waals surface area contributed by atoms with Crippen LogP contribution in [0.5, 0.6) is 5.75 Å². The lowest BCUT2D eigenvalue weighted by molar-refractivity contribution is -0.123. The third-order valence-corrected chi connectivity index (χ3v) is 5.00. The molecule has 1 saturated heterocycles. The Morgan fingerprint density at radius 1 is 1.46 bits per heavy atom. The van der Waals surface area contributed by atoms with Crippen molar-refractivity contribution >= 4 is 27.3 Å². The van der Waals surface area contributed by atoms with Crippen LogP contribution in [0.3, 0.4) is 0 Å². The molecule has 0 radical (unpaired) electrons. The largest absolute Gasteiger partial charge is 0.494 e. The topological polar surface area (TPSA) is 106 Å². The average Bonchev–Trinajstić information content (AvgIpc) is 2.56. The minimum Gasteiger partial charge on any atom is -0.494 e. The third-order valence-electron chi connectivity index (χ3n) is 3.71. The van der Waals surface area contributed by atoms with Crippen LogP contribution in [0.2, 0.25) is 0 Å². The molecule has 1 aliphatic rings. The molecule has 1 heterocycles. The van der Waals surface area contributed by atoms with Crippen LogP contribution in [-0.2, 0) is 19.6 Å². The van der Waals surface area contributed by atoms with E-state index in [0.29, 0.717) is 30.3 Å². The summed E-state index contributed by atoms with van der Waals surface area (Å²) in [7, 11) is -1.98. The van der Waals surface area contributed by atoms with E-state index in [4.69, 9.17) is 9.47 Å². The first-order valence-corrected chi connectivity index (χ1v) is 9.36. The summed E-state index contributed by atoms with van der Waals surface area (Å²) in [5.74, 6) is 0.0664. The predicted molar refractivity (Wildman–Crippen MR) is 91.9 cm³/mol. The Labute approximate surface area is 142 Å². The predicted octanol–water partition coefficient (Wildman–Crippen LogP) is 0.772. The lowest BCUT2D eigenvalue weighted by Crippen LogP contribution is -2.53. The molecule has 1 aromatic rings. The van der Waals surface area contributed by atoms with Crippen LogP contribution in [0, 0.1) is 0 Å². The van der Waals surface area contributed by atoms with Gasteiger partial charge in [0.05, 0.1) is 31.3 Å². The van der Waals surface area contributed by atoms with Crippen molar-refractivity contribution in [1.82, 2.24) is 5.32 Å². The van der Waals surface area contributed by atoms with E-state index in [9.17, 15) is 13.2 Å². The number of sulfonamides is 1. The monoisotopic (exact) mass is 357 g/mol. The molecule has 1 aromatic carbocycles. The van der Waals surface area contributed by atoms with E-state index in [1.54, 1.807) is 25.1 Å². The van der Waals surface area contributed by atoms with Crippen molar-refractivity contribution in [2.24, 2.45) is 0 Å². The lowest BCUT2D eigenvalue weighted by Gasteiger charge is -2.29. The van der Waals surface area contributed by atoms with E-state index < -0.39 is 16.1 Å². The first kappa shape index (κ1) is 18.5. The molecule has 1 aliphatic heterocycles. The normalized spacial score (nSPS) is 21.1. The summed E-state index contributed by atoms with van der Waals surface area (Å²) in [4.78, 5) is 12.3. The van der Waals surface area contributed by atoms with Crippen molar-refractivity contribution in [1.29, 1.82) is 0 Å². The quantitative estimate of drug-likeness (QED) is 0.694. The first-order chi connectivity index (χ1) is 11.4. The van der Waals surface area contributed by atoms with Gasteiger partial charge in [0.1, 0.15) is 11.8 Å². The summed E-state index contributed by atoms with van der Waals surface area (Å²) < 4.78 is 36.5. The number of morpholine rings is 1. The second kappa shape index (κ2) is 7.82. The number of hydrogen-bond donors (Lipinski definition) is 3. The Morgan fingerprint density at radius 3 is 2.83 bits per heavy atom. The van der Waals surface area contributed by atoms with Gasteiger partial charge in [0.25, 0.3) is 0 Å². The van der Waals surface area contributed by atoms with Gasteiger partial charge in [0.2, 0.25) is 15.9 Å². The van der Waals surface area contributed by atoms with E-state index in [-0.39, 0.29) is 17.8 Å². The van der Waals surface area contributed by atoms with Crippen molar-refractivity contribution in [3.8, 4) is 5.75 Å². The van der Waals surface area contributed by atoms with Gasteiger partial charge in [0, 0.05) is 18.3 Å². The highest BCUT2D eigenvalue weighted by Gasteiger charge is 2.28. The van der Waals surface area contributed by atoms with Gasteiger partial charge in [-0.15, -0.1) is 0 Å². The number of carbonyl (C=O) groups excluding carboxylic acids is 1. The van der Waals surface area contributed by atoms with Gasteiger partial charge in [-0.3, -0.25) is 9.52 Å². The molecule has 0 spiro atoms. The molecule has 24 heavy (non-hydrogen) atoms. The van der Waals surface area contributed by atoms with Gasteiger partial charge in [-0.2, -0.15) is 0 Å². The van der Waals surface area contributed by atoms with Gasteiger partial charge in [-0.25, -0.2) is 8.42 Å². The van der Waals surface area contributed by atoms with Crippen LogP contribution in [-0.4, -0.2) is 52.5 Å². The third kappa shape index (κ3) is 4.59. The maximum atomic E-state index is 12.3. The van der Waals surface area contributed by atoms with Gasteiger partial charge < -0.3 is 20.1 Å². The number of hydrogen-bond acceptors (Lipinski definition) is 6. The van der Waals surface area contributed by atoms with Gasteiger partial charge in [-0.05, 0) is 26.0 Å². The first-order valence-electron chi connectivity index (χ1n) is 7.70. The number of nitrogens with one attached hydrogen (secondary N) is 3. The lowest BCUT2D eigenvalue weighted by atomic mass is 10.1. The van der Waals surface area contributed by atoms with Crippen molar-refractivity contribution in [2.75, 3.05) is 36.1 Å². The Kier molecular flexibility index (Phi) is 6.03. The van der Waals surface area contributed by atoms with Crippen molar-refractivity contribution in [3.05, 3.63) is 18.2 Å². The van der Waals surface area contributed by atoms with Crippen LogP contribution in [0.15, 0.2) is 18.2 Å². The smallest absolute Gasteiger partial charge is 0.244 e. The molecule has 0 bridgehead atoms. The van der Waals surface area contributed by atoms with Gasteiger partial charge >= 0.3 is 0 Å². The molecule has 3 N–H and O–H groups in total. The van der Waals surface area contributed by atoms with Crippen LogP contribution >= 0.6 is 0 Å². The molecule has 0 saturated carbocycles. The highest BCUT2D eigenvalue weighted by Crippen LogP contribution is 2.29. The Morgan fingerprint density at radius 2 is 2.21 bits per heavy atom. The molecule has 2 atom stereocenters. The second-order valence-corrected chi connectivity index (χ2v) is 7.43. The molecular formula is C15H23N3O5S. The zero-order valence-electron chi connectivity index (χ0n) is 14.0. The maximum Gasteiger partial charge on any atom is 0.244 e. The van der Waals surface area contributed by atoms with Gasteiger partial charge in [0.15, 0.2) is 0 Å². The molecule has 8 nitrogen and oxygen atoms in total. The van der Waals surface area contributed by atoms with Crippen molar-refractivity contribution in [3.63, 3.8) is 0 Å². The summed E-state index contributed by atoms with van der Waals surface area (Å²) >= 11 is 0. The molecular weight excluding hydrogens is 334 g/mol. The molecule has 9 heteroatoms. The number of ether oxygens (including phenoxy) is 2. The summed E-state index contributed by atoms with van der Waals surface area (Å²) in [5, 5.41) is 5.89. The number of amides is 1. The Hall–Kier alpha value is -1.84. The minimum atomic E-state index is -3.41. The molecule has 1 fully saturated rings. The maximum absolute atomic E-state index is 12.3. The number of methoxy groups -OCH3 is 1. The number of rotatable bonds is 6.